The molecule has 48 valence electrons. The van der Waals surface area contributed by atoms with Crippen LogP contribution in [0.15, 0.2) is 0 Å². The highest BCUT2D eigenvalue weighted by molar-refractivity contribution is 7.80. The van der Waals surface area contributed by atoms with Crippen molar-refractivity contribution in [3.63, 3.8) is 0 Å². The minimum Gasteiger partial charge on any atom is -0.487 e. The van der Waals surface area contributed by atoms with Gasteiger partial charge in [0.15, 0.2) is 5.05 Å². The van der Waals surface area contributed by atoms with E-state index in [-0.39, 0.29) is 6.61 Å². The first-order valence-electron chi connectivity index (χ1n) is 2.51. The number of hydrogen-bond donors (Lipinski definition) is 1. The maximum atomic E-state index is 8.26. The van der Waals surface area contributed by atoms with Crippen LogP contribution in [0.4, 0.5) is 0 Å². The molecule has 0 aromatic heterocycles. The van der Waals surface area contributed by atoms with Crippen LogP contribution in [0.25, 0.3) is 0 Å². The lowest BCUT2D eigenvalue weighted by atomic mass is 10.5. The molecule has 0 aliphatic rings. The molecule has 1 N–H and O–H groups in total. The summed E-state index contributed by atoms with van der Waals surface area (Å²) in [6.07, 6.45) is 0.661. The maximum absolute atomic E-state index is 8.26. The second-order valence-corrected chi connectivity index (χ2v) is 1.99. The van der Waals surface area contributed by atoms with Crippen LogP contribution >= 0.6 is 12.2 Å². The molecule has 0 amide bonds. The first-order chi connectivity index (χ1) is 3.77. The number of hydrogen-bond acceptors (Lipinski definition) is 3. The summed E-state index contributed by atoms with van der Waals surface area (Å²) in [7, 11) is 0. The van der Waals surface area contributed by atoms with Crippen molar-refractivity contribution in [3.8, 4) is 0 Å². The Morgan fingerprint density at radius 3 is 2.75 bits per heavy atom. The zero-order chi connectivity index (χ0) is 6.41. The quantitative estimate of drug-likeness (QED) is 0.456. The van der Waals surface area contributed by atoms with Gasteiger partial charge < -0.3 is 9.84 Å². The Labute approximate surface area is 54.5 Å². The molecule has 0 aliphatic carbocycles. The van der Waals surface area contributed by atoms with Crippen molar-refractivity contribution < 1.29 is 9.84 Å². The molecule has 3 heteroatoms. The molecule has 0 saturated heterocycles. The SMILES string of the molecule is CC(=S)OCCCO. The van der Waals surface area contributed by atoms with Gasteiger partial charge in [0.05, 0.1) is 6.61 Å². The summed E-state index contributed by atoms with van der Waals surface area (Å²) >= 11 is 4.61. The van der Waals surface area contributed by atoms with Crippen molar-refractivity contribution in [2.24, 2.45) is 0 Å². The first kappa shape index (κ1) is 7.85. The third-order valence-electron chi connectivity index (χ3n) is 0.608. The van der Waals surface area contributed by atoms with E-state index in [1.807, 2.05) is 0 Å². The molecule has 0 fully saturated rings. The standard InChI is InChI=1S/C5H10O2S/c1-5(8)7-4-2-3-6/h6H,2-4H2,1H3. The summed E-state index contributed by atoms with van der Waals surface area (Å²) in [4.78, 5) is 0. The van der Waals surface area contributed by atoms with Gasteiger partial charge in [-0.15, -0.1) is 0 Å². The third-order valence-corrected chi connectivity index (χ3v) is 0.726. The highest BCUT2D eigenvalue weighted by atomic mass is 32.1. The third kappa shape index (κ3) is 5.85. The maximum Gasteiger partial charge on any atom is 0.156 e. The van der Waals surface area contributed by atoms with Gasteiger partial charge in [0.1, 0.15) is 0 Å². The van der Waals surface area contributed by atoms with E-state index < -0.39 is 0 Å². The molecule has 0 rings (SSSR count). The summed E-state index contributed by atoms with van der Waals surface area (Å²) in [5.74, 6) is 0. The molecule has 0 saturated carbocycles. The summed E-state index contributed by atoms with van der Waals surface area (Å²) in [5, 5.41) is 8.80. The van der Waals surface area contributed by atoms with Crippen LogP contribution in [0.2, 0.25) is 0 Å². The van der Waals surface area contributed by atoms with Crippen molar-refractivity contribution in [3.05, 3.63) is 0 Å². The Bertz CT molecular complexity index is 72.8. The normalized spacial score (nSPS) is 8.75. The Morgan fingerprint density at radius 2 is 2.38 bits per heavy atom. The molecule has 8 heavy (non-hydrogen) atoms. The van der Waals surface area contributed by atoms with Gasteiger partial charge in [-0.1, -0.05) is 0 Å². The molecule has 0 spiro atoms. The van der Waals surface area contributed by atoms with Crippen LogP contribution < -0.4 is 0 Å². The predicted molar refractivity (Wildman–Crippen MR) is 35.9 cm³/mol. The molecule has 0 aromatic rings. The average Bonchev–Trinajstić information content (AvgIpc) is 1.66. The van der Waals surface area contributed by atoms with Crippen LogP contribution in [-0.2, 0) is 4.74 Å². The molecule has 0 aliphatic heterocycles. The fourth-order valence-electron chi connectivity index (χ4n) is 0.280. The minimum atomic E-state index is 0.169. The lowest BCUT2D eigenvalue weighted by molar-refractivity contribution is 0.229. The van der Waals surface area contributed by atoms with Gasteiger partial charge in [0, 0.05) is 20.0 Å². The second kappa shape index (κ2) is 5.00. The number of aliphatic hydroxyl groups is 1. The molecular formula is C5H10O2S. The Hall–Kier alpha value is -0.150. The van der Waals surface area contributed by atoms with Crippen molar-refractivity contribution in [2.45, 2.75) is 13.3 Å². The molecule has 0 unspecified atom stereocenters. The minimum absolute atomic E-state index is 0.169. The van der Waals surface area contributed by atoms with Crippen molar-refractivity contribution in [1.82, 2.24) is 0 Å². The zero-order valence-electron chi connectivity index (χ0n) is 4.89. The van der Waals surface area contributed by atoms with Crippen LogP contribution in [-0.4, -0.2) is 23.4 Å². The zero-order valence-corrected chi connectivity index (χ0v) is 5.70. The fourth-order valence-corrected chi connectivity index (χ4v) is 0.364. The highest BCUT2D eigenvalue weighted by Gasteiger charge is 1.85. The van der Waals surface area contributed by atoms with Crippen LogP contribution in [0.1, 0.15) is 13.3 Å². The van der Waals surface area contributed by atoms with Gasteiger partial charge in [0.2, 0.25) is 0 Å². The molecule has 0 heterocycles. The van der Waals surface area contributed by atoms with E-state index in [2.05, 4.69) is 12.2 Å². The van der Waals surface area contributed by atoms with Gasteiger partial charge in [-0.05, 0) is 12.2 Å². The van der Waals surface area contributed by atoms with E-state index in [9.17, 15) is 0 Å². The number of ether oxygens (including phenoxy) is 1. The van der Waals surface area contributed by atoms with Gasteiger partial charge in [-0.25, -0.2) is 0 Å². The number of aliphatic hydroxyl groups excluding tert-OH is 1. The molecular weight excluding hydrogens is 124 g/mol. The second-order valence-electron chi connectivity index (χ2n) is 1.42. The van der Waals surface area contributed by atoms with Gasteiger partial charge in [0.25, 0.3) is 0 Å². The van der Waals surface area contributed by atoms with Gasteiger partial charge in [-0.3, -0.25) is 0 Å². The van der Waals surface area contributed by atoms with E-state index in [1.54, 1.807) is 6.92 Å². The van der Waals surface area contributed by atoms with Crippen LogP contribution in [0, 0.1) is 0 Å². The Morgan fingerprint density at radius 1 is 1.75 bits per heavy atom. The van der Waals surface area contributed by atoms with E-state index in [4.69, 9.17) is 9.84 Å². The number of rotatable bonds is 3. The first-order valence-corrected chi connectivity index (χ1v) is 2.92. The average molecular weight is 134 g/mol. The molecule has 0 radical (unpaired) electrons. The fraction of sp³-hybridized carbons (Fsp3) is 0.800. The lowest BCUT2D eigenvalue weighted by Crippen LogP contribution is -1.99. The van der Waals surface area contributed by atoms with Gasteiger partial charge in [-0.2, -0.15) is 0 Å². The van der Waals surface area contributed by atoms with Crippen molar-refractivity contribution in [1.29, 1.82) is 0 Å². The molecule has 0 aromatic carbocycles. The summed E-state index contributed by atoms with van der Waals surface area (Å²) in [6.45, 7) is 2.42. The Balaban J connectivity index is 2.82. The van der Waals surface area contributed by atoms with E-state index in [0.29, 0.717) is 18.1 Å². The van der Waals surface area contributed by atoms with E-state index >= 15 is 0 Å². The highest BCUT2D eigenvalue weighted by Crippen LogP contribution is 1.82. The van der Waals surface area contributed by atoms with Crippen molar-refractivity contribution >= 4 is 17.3 Å². The van der Waals surface area contributed by atoms with E-state index in [0.717, 1.165) is 0 Å². The largest absolute Gasteiger partial charge is 0.487 e. The van der Waals surface area contributed by atoms with Gasteiger partial charge >= 0.3 is 0 Å². The summed E-state index contributed by atoms with van der Waals surface area (Å²) in [5.41, 5.74) is 0. The van der Waals surface area contributed by atoms with E-state index in [1.165, 1.54) is 0 Å². The summed E-state index contributed by atoms with van der Waals surface area (Å²) in [6, 6.07) is 0. The monoisotopic (exact) mass is 134 g/mol. The Kier molecular flexibility index (Phi) is 4.90. The summed E-state index contributed by atoms with van der Waals surface area (Å²) < 4.78 is 4.85. The lowest BCUT2D eigenvalue weighted by Gasteiger charge is -1.98. The van der Waals surface area contributed by atoms with Crippen molar-refractivity contribution in [2.75, 3.05) is 13.2 Å². The topological polar surface area (TPSA) is 29.5 Å². The van der Waals surface area contributed by atoms with Crippen LogP contribution in [0.3, 0.4) is 0 Å². The predicted octanol–water partition coefficient (Wildman–Crippen LogP) is 0.733. The smallest absolute Gasteiger partial charge is 0.156 e. The number of thiocarbonyl (C=S) groups is 1. The molecule has 0 atom stereocenters. The molecule has 2 nitrogen and oxygen atoms in total. The molecule has 0 bridgehead atoms. The van der Waals surface area contributed by atoms with Crippen LogP contribution in [0.5, 0.6) is 0 Å².